The third-order valence-electron chi connectivity index (χ3n) is 5.56. The quantitative estimate of drug-likeness (QED) is 0.523. The summed E-state index contributed by atoms with van der Waals surface area (Å²) in [7, 11) is 1.69. The van der Waals surface area contributed by atoms with Gasteiger partial charge in [0, 0.05) is 39.1 Å². The maximum Gasteiger partial charge on any atom is 0.146 e. The van der Waals surface area contributed by atoms with Gasteiger partial charge in [0.15, 0.2) is 0 Å². The minimum Gasteiger partial charge on any atom is -0.488 e. The van der Waals surface area contributed by atoms with Crippen LogP contribution in [0.25, 0.3) is 10.9 Å². The number of aryl methyl sites for hydroxylation is 1. The lowest BCUT2D eigenvalue weighted by molar-refractivity contribution is 0.0404. The van der Waals surface area contributed by atoms with E-state index in [2.05, 4.69) is 44.9 Å². The fraction of sp³-hybridized carbons (Fsp3) is 0.348. The van der Waals surface area contributed by atoms with Crippen molar-refractivity contribution in [3.8, 4) is 5.75 Å². The summed E-state index contributed by atoms with van der Waals surface area (Å²) in [6.07, 6.45) is 4.86. The van der Waals surface area contributed by atoms with Crippen molar-refractivity contribution in [3.05, 3.63) is 48.0 Å². The van der Waals surface area contributed by atoms with Gasteiger partial charge in [-0.1, -0.05) is 0 Å². The lowest BCUT2D eigenvalue weighted by atomic mass is 9.88. The SMILES string of the molecule is C=S(C)(=O)Nc1cc(C)c2c(Nc3ccc(F)cc3OC3CC(N(C)C)C3)ncnc2c1. The second kappa shape index (κ2) is 8.55. The van der Waals surface area contributed by atoms with Crippen molar-refractivity contribution in [2.45, 2.75) is 31.9 Å². The van der Waals surface area contributed by atoms with Gasteiger partial charge in [-0.25, -0.2) is 18.6 Å². The predicted octanol–water partition coefficient (Wildman–Crippen LogP) is 3.97. The number of aromatic nitrogens is 2. The van der Waals surface area contributed by atoms with E-state index in [9.17, 15) is 8.60 Å². The van der Waals surface area contributed by atoms with Crippen molar-refractivity contribution < 1.29 is 13.3 Å². The standard InChI is InChI=1S/C23H28FN5O2S/c1-14-8-16(28-32(4,5)30)10-20-22(14)23(26-13-25-20)27-19-7-6-15(24)9-21(19)31-18-11-17(12-18)29(2)3/h6-10,13,17-18H,4,11-12H2,1-3,5H3,(H,28,30)(H,25,26,27). The van der Waals surface area contributed by atoms with E-state index in [1.165, 1.54) is 18.5 Å². The summed E-state index contributed by atoms with van der Waals surface area (Å²) in [6.45, 7) is 1.93. The number of nitrogens with zero attached hydrogens (tertiary/aromatic N) is 3. The van der Waals surface area contributed by atoms with Crippen molar-refractivity contribution in [1.29, 1.82) is 0 Å². The number of nitrogens with one attached hydrogen (secondary N) is 2. The molecular formula is C23H28FN5O2S. The molecule has 0 aliphatic heterocycles. The van der Waals surface area contributed by atoms with Gasteiger partial charge in [-0.3, -0.25) is 0 Å². The van der Waals surface area contributed by atoms with E-state index in [1.54, 1.807) is 18.4 Å². The lowest BCUT2D eigenvalue weighted by Gasteiger charge is -2.39. The highest BCUT2D eigenvalue weighted by Gasteiger charge is 2.32. The Hall–Kier alpha value is -2.91. The number of fused-ring (bicyclic) bond motifs is 1. The van der Waals surface area contributed by atoms with Gasteiger partial charge in [0.1, 0.15) is 29.8 Å². The second-order valence-electron chi connectivity index (χ2n) is 8.61. The number of anilines is 3. The Morgan fingerprint density at radius 1 is 1.22 bits per heavy atom. The average molecular weight is 458 g/mol. The molecule has 1 saturated carbocycles. The zero-order valence-corrected chi connectivity index (χ0v) is 19.5. The first kappa shape index (κ1) is 22.3. The summed E-state index contributed by atoms with van der Waals surface area (Å²) in [5.41, 5.74) is 2.89. The van der Waals surface area contributed by atoms with E-state index in [0.29, 0.717) is 34.5 Å². The fourth-order valence-electron chi connectivity index (χ4n) is 3.85. The van der Waals surface area contributed by atoms with Crippen LogP contribution >= 0.6 is 0 Å². The number of halogens is 1. The number of benzene rings is 2. The van der Waals surface area contributed by atoms with Crippen LogP contribution in [0.2, 0.25) is 0 Å². The second-order valence-corrected chi connectivity index (χ2v) is 10.8. The van der Waals surface area contributed by atoms with Crippen LogP contribution in [-0.2, 0) is 9.71 Å². The molecule has 1 aromatic heterocycles. The molecule has 1 unspecified atom stereocenters. The van der Waals surface area contributed by atoms with Gasteiger partial charge in [-0.05, 0) is 69.6 Å². The maximum atomic E-state index is 14.0. The molecule has 0 spiro atoms. The molecule has 1 heterocycles. The Morgan fingerprint density at radius 3 is 2.66 bits per heavy atom. The van der Waals surface area contributed by atoms with Gasteiger partial charge in [-0.15, -0.1) is 0 Å². The van der Waals surface area contributed by atoms with Crippen molar-refractivity contribution in [1.82, 2.24) is 14.9 Å². The van der Waals surface area contributed by atoms with Crippen LogP contribution in [0.15, 0.2) is 36.7 Å². The van der Waals surface area contributed by atoms with Gasteiger partial charge in [-0.2, -0.15) is 0 Å². The van der Waals surface area contributed by atoms with Crippen LogP contribution in [0.1, 0.15) is 18.4 Å². The van der Waals surface area contributed by atoms with Crippen molar-refractivity contribution in [3.63, 3.8) is 0 Å². The van der Waals surface area contributed by atoms with Crippen LogP contribution in [-0.4, -0.2) is 57.4 Å². The van der Waals surface area contributed by atoms with E-state index in [1.807, 2.05) is 13.0 Å². The normalized spacial score (nSPS) is 19.9. The molecule has 170 valence electrons. The monoisotopic (exact) mass is 457 g/mol. The van der Waals surface area contributed by atoms with E-state index in [0.717, 1.165) is 23.8 Å². The highest BCUT2D eigenvalue weighted by atomic mass is 32.2. The van der Waals surface area contributed by atoms with Gasteiger partial charge < -0.3 is 19.7 Å². The average Bonchev–Trinajstić information content (AvgIpc) is 2.64. The Labute approximate surface area is 188 Å². The molecule has 1 fully saturated rings. The van der Waals surface area contributed by atoms with Crippen LogP contribution in [0, 0.1) is 12.7 Å². The Morgan fingerprint density at radius 2 is 1.97 bits per heavy atom. The third-order valence-corrected chi connectivity index (χ3v) is 6.23. The molecule has 2 N–H and O–H groups in total. The van der Waals surface area contributed by atoms with E-state index < -0.39 is 9.71 Å². The molecule has 4 rings (SSSR count). The molecule has 0 amide bonds. The molecule has 1 aliphatic rings. The highest BCUT2D eigenvalue weighted by molar-refractivity contribution is 8.00. The molecule has 2 aromatic carbocycles. The first-order valence-electron chi connectivity index (χ1n) is 10.3. The van der Waals surface area contributed by atoms with E-state index >= 15 is 0 Å². The summed E-state index contributed by atoms with van der Waals surface area (Å²) < 4.78 is 35.0. The van der Waals surface area contributed by atoms with Crippen molar-refractivity contribution in [2.24, 2.45) is 0 Å². The number of hydrogen-bond acceptors (Lipinski definition) is 6. The molecule has 3 aromatic rings. The van der Waals surface area contributed by atoms with E-state index in [4.69, 9.17) is 4.74 Å². The Kier molecular flexibility index (Phi) is 5.96. The largest absolute Gasteiger partial charge is 0.488 e. The predicted molar refractivity (Wildman–Crippen MR) is 130 cm³/mol. The highest BCUT2D eigenvalue weighted by Crippen LogP contribution is 2.36. The Bertz CT molecular complexity index is 1260. The van der Waals surface area contributed by atoms with Gasteiger partial charge >= 0.3 is 0 Å². The molecule has 0 radical (unpaired) electrons. The first-order chi connectivity index (χ1) is 15.1. The summed E-state index contributed by atoms with van der Waals surface area (Å²) in [4.78, 5) is 11.0. The molecule has 0 saturated heterocycles. The maximum absolute atomic E-state index is 14.0. The smallest absolute Gasteiger partial charge is 0.146 e. The van der Waals surface area contributed by atoms with Crippen LogP contribution in [0.3, 0.4) is 0 Å². The molecule has 1 atom stereocenters. The zero-order chi connectivity index (χ0) is 23.0. The summed E-state index contributed by atoms with van der Waals surface area (Å²) >= 11 is 0. The summed E-state index contributed by atoms with van der Waals surface area (Å²) in [6, 6.07) is 8.61. The van der Waals surface area contributed by atoms with Crippen LogP contribution < -0.4 is 14.8 Å². The minimum atomic E-state index is -2.41. The Balaban J connectivity index is 1.64. The number of hydrogen-bond donors (Lipinski definition) is 2. The topological polar surface area (TPSA) is 79.4 Å². The van der Waals surface area contributed by atoms with Crippen LogP contribution in [0.4, 0.5) is 21.6 Å². The molecule has 32 heavy (non-hydrogen) atoms. The molecular weight excluding hydrogens is 429 g/mol. The van der Waals surface area contributed by atoms with Gasteiger partial charge in [0.25, 0.3) is 0 Å². The molecule has 0 bridgehead atoms. The molecule has 1 aliphatic carbocycles. The first-order valence-corrected chi connectivity index (χ1v) is 12.5. The number of rotatable bonds is 7. The van der Waals surface area contributed by atoms with Gasteiger partial charge in [0.05, 0.1) is 11.2 Å². The minimum absolute atomic E-state index is 0.0498. The summed E-state index contributed by atoms with van der Waals surface area (Å²) in [5.74, 6) is 4.32. The zero-order valence-electron chi connectivity index (χ0n) is 18.7. The van der Waals surface area contributed by atoms with Gasteiger partial charge in [0.2, 0.25) is 0 Å². The number of ether oxygens (including phenoxy) is 1. The van der Waals surface area contributed by atoms with Crippen molar-refractivity contribution >= 4 is 43.7 Å². The molecule has 9 heteroatoms. The fourth-order valence-corrected chi connectivity index (χ4v) is 4.47. The molecule has 7 nitrogen and oxygen atoms in total. The lowest BCUT2D eigenvalue weighted by Crippen LogP contribution is -2.46. The van der Waals surface area contributed by atoms with Crippen molar-refractivity contribution in [2.75, 3.05) is 30.4 Å². The summed E-state index contributed by atoms with van der Waals surface area (Å²) in [5, 5.41) is 4.11. The third kappa shape index (κ3) is 4.94. The van der Waals surface area contributed by atoms with E-state index in [-0.39, 0.29) is 11.9 Å². The van der Waals surface area contributed by atoms with Crippen LogP contribution in [0.5, 0.6) is 5.75 Å².